The Morgan fingerprint density at radius 1 is 1.24 bits per heavy atom. The first kappa shape index (κ1) is 31.5. The third-order valence-corrected chi connectivity index (χ3v) is 10.1. The van der Waals surface area contributed by atoms with Crippen LogP contribution in [0.15, 0.2) is 18.2 Å². The van der Waals surface area contributed by atoms with Crippen molar-refractivity contribution in [2.75, 3.05) is 12.8 Å². The van der Waals surface area contributed by atoms with Crippen molar-refractivity contribution in [1.29, 1.82) is 0 Å². The van der Waals surface area contributed by atoms with E-state index in [1.54, 1.807) is 6.92 Å². The second-order valence-electron chi connectivity index (χ2n) is 10.7. The van der Waals surface area contributed by atoms with Gasteiger partial charge in [-0.1, -0.05) is 17.7 Å². The smallest absolute Gasteiger partial charge is 0.397 e. The average molecular weight is 628 g/mol. The van der Waals surface area contributed by atoms with Crippen molar-refractivity contribution in [2.24, 2.45) is 11.3 Å². The van der Waals surface area contributed by atoms with E-state index in [2.05, 4.69) is 15.2 Å². The lowest BCUT2D eigenvalue weighted by molar-refractivity contribution is -0.215. The molecule has 2 saturated carbocycles. The number of nitrogens with one attached hydrogen (secondary N) is 1. The molecular weight excluding hydrogens is 597 g/mol. The van der Waals surface area contributed by atoms with Gasteiger partial charge >= 0.3 is 12.8 Å². The Bertz CT molecular complexity index is 1390. The summed E-state index contributed by atoms with van der Waals surface area (Å²) >= 11 is 6.53. The summed E-state index contributed by atoms with van der Waals surface area (Å²) < 4.78 is 96.9. The lowest BCUT2D eigenvalue weighted by Gasteiger charge is -2.27. The van der Waals surface area contributed by atoms with E-state index in [-0.39, 0.29) is 59.4 Å². The van der Waals surface area contributed by atoms with Crippen molar-refractivity contribution in [3.05, 3.63) is 34.5 Å². The summed E-state index contributed by atoms with van der Waals surface area (Å²) in [5, 5.41) is 16.9. The molecule has 15 heteroatoms. The second-order valence-corrected chi connectivity index (χ2v) is 13.4. The van der Waals surface area contributed by atoms with Gasteiger partial charge in [-0.25, -0.2) is 8.42 Å². The molecule has 1 aromatic heterocycles. The van der Waals surface area contributed by atoms with E-state index in [1.165, 1.54) is 23.1 Å². The quantitative estimate of drug-likeness (QED) is 0.335. The van der Waals surface area contributed by atoms with Gasteiger partial charge in [0.15, 0.2) is 5.69 Å². The number of amides is 1. The van der Waals surface area contributed by atoms with Gasteiger partial charge in [-0.2, -0.15) is 27.1 Å². The van der Waals surface area contributed by atoms with E-state index in [0.717, 1.165) is 6.07 Å². The number of nitrogens with zero attached hydrogens (tertiary/aromatic N) is 2. The minimum absolute atomic E-state index is 0.0432. The standard InChI is InChI=1S/C26H31ClF5N3O5S/c1-3-35-21(19(27)20(34-35)23(37)33-13-14-4-7-16(8-5-14)41(2,38)39)17-9-6-15(12-18(17)40-24(28)29)22(36)25(10-11-25)26(30,31)32/h6,9,12,14,16,22,24,36H,3-5,7-8,10-11,13H2,1-2H3,(H,33,37). The number of aliphatic hydroxyl groups is 1. The minimum Gasteiger partial charge on any atom is -0.434 e. The van der Waals surface area contributed by atoms with Gasteiger partial charge in [-0.05, 0) is 69.1 Å². The Morgan fingerprint density at radius 2 is 1.88 bits per heavy atom. The highest BCUT2D eigenvalue weighted by Gasteiger charge is 2.67. The SMILES string of the molecule is CCn1nc(C(=O)NCC2CCC(S(C)(=O)=O)CC2)c(Cl)c1-c1ccc(C(O)C2(C(F)(F)F)CC2)cc1OC(F)F. The van der Waals surface area contributed by atoms with Crippen molar-refractivity contribution >= 4 is 27.3 Å². The largest absolute Gasteiger partial charge is 0.434 e. The number of aliphatic hydroxyl groups excluding tert-OH is 1. The van der Waals surface area contributed by atoms with Crippen molar-refractivity contribution in [1.82, 2.24) is 15.1 Å². The Hall–Kier alpha value is -2.45. The third kappa shape index (κ3) is 6.48. The topological polar surface area (TPSA) is 111 Å². The molecule has 1 unspecified atom stereocenters. The van der Waals surface area contributed by atoms with Crippen LogP contribution in [-0.2, 0) is 16.4 Å². The van der Waals surface area contributed by atoms with Crippen LogP contribution in [0.4, 0.5) is 22.0 Å². The van der Waals surface area contributed by atoms with E-state index in [4.69, 9.17) is 11.6 Å². The van der Waals surface area contributed by atoms with Crippen molar-refractivity contribution < 1.29 is 45.0 Å². The lowest BCUT2D eigenvalue weighted by Crippen LogP contribution is -2.34. The molecule has 0 radical (unpaired) electrons. The van der Waals surface area contributed by atoms with Crippen LogP contribution in [0.25, 0.3) is 11.3 Å². The zero-order valence-corrected chi connectivity index (χ0v) is 23.9. The first-order valence-electron chi connectivity index (χ1n) is 13.2. The molecular formula is C26H31ClF5N3O5S. The maximum Gasteiger partial charge on any atom is 0.397 e. The molecule has 1 aromatic carbocycles. The van der Waals surface area contributed by atoms with Crippen molar-refractivity contribution in [3.63, 3.8) is 0 Å². The molecule has 2 aliphatic carbocycles. The van der Waals surface area contributed by atoms with E-state index in [1.807, 2.05) is 0 Å². The molecule has 0 bridgehead atoms. The predicted octanol–water partition coefficient (Wildman–Crippen LogP) is 5.53. The summed E-state index contributed by atoms with van der Waals surface area (Å²) in [6, 6.07) is 3.31. The fraction of sp³-hybridized carbons (Fsp3) is 0.615. The van der Waals surface area contributed by atoms with Crippen LogP contribution in [0.5, 0.6) is 5.75 Å². The summed E-state index contributed by atoms with van der Waals surface area (Å²) in [7, 11) is -3.13. The van der Waals surface area contributed by atoms with Crippen molar-refractivity contribution in [2.45, 2.75) is 76.1 Å². The fourth-order valence-electron chi connectivity index (χ4n) is 5.42. The normalized spacial score (nSPS) is 21.5. The number of hydrogen-bond donors (Lipinski definition) is 2. The molecule has 1 atom stereocenters. The Morgan fingerprint density at radius 3 is 2.39 bits per heavy atom. The van der Waals surface area contributed by atoms with Crippen LogP contribution in [0, 0.1) is 11.3 Å². The highest BCUT2D eigenvalue weighted by atomic mass is 35.5. The fourth-order valence-corrected chi connectivity index (χ4v) is 6.87. The summed E-state index contributed by atoms with van der Waals surface area (Å²) in [4.78, 5) is 13.0. The summed E-state index contributed by atoms with van der Waals surface area (Å²) in [5.41, 5.74) is -2.79. The number of carbonyl (C=O) groups is 1. The summed E-state index contributed by atoms with van der Waals surface area (Å²) in [6.07, 6.45) is -3.83. The van der Waals surface area contributed by atoms with Gasteiger partial charge in [0.1, 0.15) is 15.6 Å². The van der Waals surface area contributed by atoms with Gasteiger partial charge < -0.3 is 15.2 Å². The maximum absolute atomic E-state index is 13.6. The van der Waals surface area contributed by atoms with E-state index in [0.29, 0.717) is 25.7 Å². The number of rotatable bonds is 10. The van der Waals surface area contributed by atoms with Crippen molar-refractivity contribution in [3.8, 4) is 17.0 Å². The van der Waals surface area contributed by atoms with Crippen LogP contribution in [0.1, 0.15) is 67.6 Å². The van der Waals surface area contributed by atoms with Crippen LogP contribution in [0.2, 0.25) is 5.02 Å². The molecule has 1 heterocycles. The molecule has 2 aliphatic rings. The van der Waals surface area contributed by atoms with E-state index >= 15 is 0 Å². The molecule has 2 N–H and O–H groups in total. The average Bonchev–Trinajstić information content (AvgIpc) is 3.65. The Balaban J connectivity index is 1.58. The number of alkyl halides is 5. The lowest BCUT2D eigenvalue weighted by atomic mass is 9.89. The van der Waals surface area contributed by atoms with Gasteiger partial charge in [0, 0.05) is 24.9 Å². The van der Waals surface area contributed by atoms with Gasteiger partial charge in [0.05, 0.1) is 27.5 Å². The number of halogens is 6. The van der Waals surface area contributed by atoms with E-state index in [9.17, 15) is 40.3 Å². The summed E-state index contributed by atoms with van der Waals surface area (Å²) in [5.74, 6) is -1.10. The summed E-state index contributed by atoms with van der Waals surface area (Å²) in [6.45, 7) is -1.25. The molecule has 41 heavy (non-hydrogen) atoms. The molecule has 0 saturated heterocycles. The minimum atomic E-state index is -4.69. The van der Waals surface area contributed by atoms with E-state index < -0.39 is 51.1 Å². The molecule has 228 valence electrons. The predicted molar refractivity (Wildman–Crippen MR) is 141 cm³/mol. The Labute approximate surface area is 239 Å². The zero-order valence-electron chi connectivity index (χ0n) is 22.3. The Kier molecular flexibility index (Phi) is 8.97. The highest BCUT2D eigenvalue weighted by molar-refractivity contribution is 7.91. The highest BCUT2D eigenvalue weighted by Crippen LogP contribution is 2.64. The van der Waals surface area contributed by atoms with Crippen LogP contribution < -0.4 is 10.1 Å². The molecule has 0 spiro atoms. The molecule has 1 amide bonds. The number of ether oxygens (including phenoxy) is 1. The number of aromatic nitrogens is 2. The second kappa shape index (κ2) is 11.7. The molecule has 8 nitrogen and oxygen atoms in total. The first-order valence-corrected chi connectivity index (χ1v) is 15.5. The number of sulfone groups is 1. The number of aryl methyl sites for hydroxylation is 1. The maximum atomic E-state index is 13.6. The molecule has 2 aromatic rings. The first-order chi connectivity index (χ1) is 19.1. The van der Waals surface area contributed by atoms with Gasteiger partial charge in [-0.3, -0.25) is 9.48 Å². The number of carbonyl (C=O) groups excluding carboxylic acids is 1. The molecule has 4 rings (SSSR count). The van der Waals surface area contributed by atoms with Crippen LogP contribution in [0.3, 0.4) is 0 Å². The van der Waals surface area contributed by atoms with Crippen LogP contribution >= 0.6 is 11.6 Å². The third-order valence-electron chi connectivity index (χ3n) is 8.03. The zero-order chi connectivity index (χ0) is 30.3. The van der Waals surface area contributed by atoms with Gasteiger partial charge in [0.2, 0.25) is 0 Å². The number of hydrogen-bond acceptors (Lipinski definition) is 6. The molecule has 0 aliphatic heterocycles. The molecule has 2 fully saturated rings. The van der Waals surface area contributed by atoms with Gasteiger partial charge in [-0.15, -0.1) is 0 Å². The van der Waals surface area contributed by atoms with Gasteiger partial charge in [0.25, 0.3) is 5.91 Å². The van der Waals surface area contributed by atoms with Crippen LogP contribution in [-0.4, -0.2) is 60.1 Å². The monoisotopic (exact) mass is 627 g/mol. The number of benzene rings is 1.